The van der Waals surface area contributed by atoms with Gasteiger partial charge in [-0.2, -0.15) is 4.31 Å². The summed E-state index contributed by atoms with van der Waals surface area (Å²) in [6, 6.07) is 9.33. The van der Waals surface area contributed by atoms with Crippen molar-refractivity contribution in [3.05, 3.63) is 52.5 Å². The molecule has 27 heavy (non-hydrogen) atoms. The molecule has 0 unspecified atom stereocenters. The van der Waals surface area contributed by atoms with Gasteiger partial charge in [-0.15, -0.1) is 0 Å². The molecular weight excluding hydrogens is 388 g/mol. The van der Waals surface area contributed by atoms with E-state index in [0.29, 0.717) is 24.4 Å². The van der Waals surface area contributed by atoms with Crippen molar-refractivity contribution in [2.24, 2.45) is 0 Å². The van der Waals surface area contributed by atoms with Crippen LogP contribution in [0.1, 0.15) is 29.8 Å². The fourth-order valence-electron chi connectivity index (χ4n) is 2.63. The molecule has 0 atom stereocenters. The normalized spacial score (nSPS) is 11.5. The van der Waals surface area contributed by atoms with E-state index in [2.05, 4.69) is 5.32 Å². The van der Waals surface area contributed by atoms with Crippen molar-refractivity contribution in [3.63, 3.8) is 0 Å². The van der Waals surface area contributed by atoms with Crippen molar-refractivity contribution >= 4 is 33.2 Å². The van der Waals surface area contributed by atoms with Gasteiger partial charge in [-0.3, -0.25) is 4.79 Å². The van der Waals surface area contributed by atoms with Crippen molar-refractivity contribution < 1.29 is 17.9 Å². The third kappa shape index (κ3) is 4.61. The Morgan fingerprint density at radius 3 is 2.41 bits per heavy atom. The number of halogens is 1. The van der Waals surface area contributed by atoms with Gasteiger partial charge in [0.15, 0.2) is 0 Å². The molecule has 0 aliphatic carbocycles. The molecule has 2 rings (SSSR count). The Labute approximate surface area is 165 Å². The quantitative estimate of drug-likeness (QED) is 0.750. The maximum absolute atomic E-state index is 12.7. The summed E-state index contributed by atoms with van der Waals surface area (Å²) >= 11 is 6.16. The highest BCUT2D eigenvalue weighted by Crippen LogP contribution is 2.28. The number of hydrogen-bond acceptors (Lipinski definition) is 4. The monoisotopic (exact) mass is 410 g/mol. The molecule has 2 aromatic rings. The second-order valence-electron chi connectivity index (χ2n) is 5.87. The summed E-state index contributed by atoms with van der Waals surface area (Å²) in [6.45, 7) is 6.12. The molecule has 0 saturated heterocycles. The number of amides is 1. The van der Waals surface area contributed by atoms with E-state index in [4.69, 9.17) is 16.3 Å². The summed E-state index contributed by atoms with van der Waals surface area (Å²) < 4.78 is 32.0. The van der Waals surface area contributed by atoms with Crippen molar-refractivity contribution in [2.45, 2.75) is 25.7 Å². The molecule has 2 aromatic carbocycles. The minimum absolute atomic E-state index is 0.0763. The minimum atomic E-state index is -3.65. The van der Waals surface area contributed by atoms with Crippen LogP contribution < -0.4 is 10.1 Å². The Hall–Kier alpha value is -2.09. The molecule has 0 saturated carbocycles. The second-order valence-corrected chi connectivity index (χ2v) is 8.21. The lowest BCUT2D eigenvalue weighted by molar-refractivity contribution is 0.102. The van der Waals surface area contributed by atoms with Gasteiger partial charge >= 0.3 is 0 Å². The predicted molar refractivity (Wildman–Crippen MR) is 107 cm³/mol. The molecule has 0 spiro atoms. The summed E-state index contributed by atoms with van der Waals surface area (Å²) in [6.07, 6.45) is 0. The van der Waals surface area contributed by atoms with Crippen LogP contribution >= 0.6 is 11.6 Å². The first-order chi connectivity index (χ1) is 12.7. The van der Waals surface area contributed by atoms with Gasteiger partial charge in [0, 0.05) is 18.7 Å². The van der Waals surface area contributed by atoms with Crippen molar-refractivity contribution in [1.82, 2.24) is 4.31 Å². The zero-order chi connectivity index (χ0) is 20.2. The van der Waals surface area contributed by atoms with Crippen LogP contribution in [0.3, 0.4) is 0 Å². The number of hydrogen-bond donors (Lipinski definition) is 1. The number of methoxy groups -OCH3 is 1. The number of rotatable bonds is 7. The number of sulfonamides is 1. The van der Waals surface area contributed by atoms with Gasteiger partial charge in [0.2, 0.25) is 10.0 Å². The van der Waals surface area contributed by atoms with Crippen LogP contribution in [0, 0.1) is 6.92 Å². The van der Waals surface area contributed by atoms with Crippen molar-refractivity contribution in [2.75, 3.05) is 25.5 Å². The van der Waals surface area contributed by atoms with E-state index >= 15 is 0 Å². The Morgan fingerprint density at radius 1 is 1.15 bits per heavy atom. The third-order valence-corrected chi connectivity index (χ3v) is 6.57. The van der Waals surface area contributed by atoms with E-state index < -0.39 is 15.9 Å². The summed E-state index contributed by atoms with van der Waals surface area (Å²) in [5.41, 5.74) is 1.51. The first-order valence-corrected chi connectivity index (χ1v) is 10.3. The van der Waals surface area contributed by atoms with Gasteiger partial charge in [-0.05, 0) is 42.8 Å². The van der Waals surface area contributed by atoms with E-state index in [1.807, 2.05) is 6.92 Å². The summed E-state index contributed by atoms with van der Waals surface area (Å²) in [5.74, 6) is 0.180. The van der Waals surface area contributed by atoms with Crippen molar-refractivity contribution in [1.29, 1.82) is 0 Å². The number of nitrogens with zero attached hydrogens (tertiary/aromatic N) is 1. The Kier molecular flexibility index (Phi) is 6.86. The number of nitrogens with one attached hydrogen (secondary N) is 1. The van der Waals surface area contributed by atoms with E-state index in [1.54, 1.807) is 32.0 Å². The van der Waals surface area contributed by atoms with E-state index in [-0.39, 0.29) is 15.6 Å². The van der Waals surface area contributed by atoms with Gasteiger partial charge in [-0.1, -0.05) is 31.5 Å². The number of aryl methyl sites for hydroxylation is 1. The van der Waals surface area contributed by atoms with E-state index in [1.165, 1.54) is 29.6 Å². The van der Waals surface area contributed by atoms with Gasteiger partial charge in [-0.25, -0.2) is 8.42 Å². The Balaban J connectivity index is 2.35. The Bertz CT molecular complexity index is 941. The minimum Gasteiger partial charge on any atom is -0.496 e. The van der Waals surface area contributed by atoms with Gasteiger partial charge < -0.3 is 10.1 Å². The predicted octanol–water partition coefficient (Wildman–Crippen LogP) is 3.94. The van der Waals surface area contributed by atoms with Crippen LogP contribution in [0.25, 0.3) is 0 Å². The van der Waals surface area contributed by atoms with E-state index in [9.17, 15) is 13.2 Å². The molecule has 0 radical (unpaired) electrons. The van der Waals surface area contributed by atoms with Crippen molar-refractivity contribution in [3.8, 4) is 5.75 Å². The second kappa shape index (κ2) is 8.73. The van der Waals surface area contributed by atoms with Crippen LogP contribution in [-0.4, -0.2) is 38.8 Å². The standard InChI is InChI=1S/C19H23ClN2O4S/c1-5-22(6-2)27(24,25)15-9-10-16(20)17(12-15)21-19(23)14-8-7-13(3)18(11-14)26-4/h7-12H,5-6H2,1-4H3,(H,21,23). The van der Waals surface area contributed by atoms with E-state index in [0.717, 1.165) is 5.56 Å². The van der Waals surface area contributed by atoms with Crippen LogP contribution in [-0.2, 0) is 10.0 Å². The van der Waals surface area contributed by atoms with Crippen LogP contribution in [0.15, 0.2) is 41.3 Å². The zero-order valence-corrected chi connectivity index (χ0v) is 17.3. The summed E-state index contributed by atoms with van der Waals surface area (Å²) in [5, 5.41) is 2.93. The lowest BCUT2D eigenvalue weighted by Gasteiger charge is -2.19. The molecule has 1 N–H and O–H groups in total. The average molecular weight is 411 g/mol. The number of benzene rings is 2. The topological polar surface area (TPSA) is 75.7 Å². The van der Waals surface area contributed by atoms with Crippen LogP contribution in [0.4, 0.5) is 5.69 Å². The van der Waals surface area contributed by atoms with Crippen LogP contribution in [0.5, 0.6) is 5.75 Å². The van der Waals surface area contributed by atoms with Gasteiger partial charge in [0.25, 0.3) is 5.91 Å². The maximum Gasteiger partial charge on any atom is 0.255 e. The van der Waals surface area contributed by atoms with Gasteiger partial charge in [0.05, 0.1) is 22.7 Å². The highest BCUT2D eigenvalue weighted by Gasteiger charge is 2.23. The summed E-state index contributed by atoms with van der Waals surface area (Å²) in [4.78, 5) is 12.6. The zero-order valence-electron chi connectivity index (χ0n) is 15.7. The molecular formula is C19H23ClN2O4S. The number of carbonyl (C=O) groups is 1. The first kappa shape index (κ1) is 21.2. The highest BCUT2D eigenvalue weighted by atomic mass is 35.5. The smallest absolute Gasteiger partial charge is 0.255 e. The number of carbonyl (C=O) groups excluding carboxylic acids is 1. The largest absolute Gasteiger partial charge is 0.496 e. The fraction of sp³-hybridized carbons (Fsp3) is 0.316. The molecule has 0 aliphatic rings. The SMILES string of the molecule is CCN(CC)S(=O)(=O)c1ccc(Cl)c(NC(=O)c2ccc(C)c(OC)c2)c1. The molecule has 0 bridgehead atoms. The molecule has 0 aromatic heterocycles. The van der Waals surface area contributed by atoms with Gasteiger partial charge in [0.1, 0.15) is 5.75 Å². The molecule has 8 heteroatoms. The summed E-state index contributed by atoms with van der Waals surface area (Å²) in [7, 11) is -2.12. The van der Waals surface area contributed by atoms with Crippen LogP contribution in [0.2, 0.25) is 5.02 Å². The lowest BCUT2D eigenvalue weighted by atomic mass is 10.1. The molecule has 0 aliphatic heterocycles. The Morgan fingerprint density at radius 2 is 1.81 bits per heavy atom. The highest BCUT2D eigenvalue weighted by molar-refractivity contribution is 7.89. The number of ether oxygens (including phenoxy) is 1. The molecule has 146 valence electrons. The third-order valence-electron chi connectivity index (χ3n) is 4.20. The average Bonchev–Trinajstić information content (AvgIpc) is 2.64. The molecule has 6 nitrogen and oxygen atoms in total. The fourth-order valence-corrected chi connectivity index (χ4v) is 4.28. The molecule has 0 heterocycles. The molecule has 1 amide bonds. The number of anilines is 1. The first-order valence-electron chi connectivity index (χ1n) is 8.50. The lowest BCUT2D eigenvalue weighted by Crippen LogP contribution is -2.30. The maximum atomic E-state index is 12.7. The molecule has 0 fully saturated rings.